The zero-order valence-corrected chi connectivity index (χ0v) is 37.2. The molecule has 0 fully saturated rings. The van der Waals surface area contributed by atoms with E-state index < -0.39 is 5.41 Å². The highest BCUT2D eigenvalue weighted by Crippen LogP contribution is 2.59. The summed E-state index contributed by atoms with van der Waals surface area (Å²) in [6.07, 6.45) is 0. The summed E-state index contributed by atoms with van der Waals surface area (Å²) in [6, 6.07) is 96.6. The van der Waals surface area contributed by atoms with E-state index >= 15 is 0 Å². The second kappa shape index (κ2) is 16.2. The lowest BCUT2D eigenvalue weighted by Crippen LogP contribution is -2.37. The zero-order valence-electron chi connectivity index (χ0n) is 37.2. The first-order chi connectivity index (χ1) is 33.7. The van der Waals surface area contributed by atoms with Crippen molar-refractivity contribution < 1.29 is 4.42 Å². The molecule has 1 aromatic heterocycles. The molecule has 320 valence electrons. The molecule has 11 aromatic carbocycles. The first-order valence-electron chi connectivity index (χ1n) is 23.3. The summed E-state index contributed by atoms with van der Waals surface area (Å²) < 4.78 is 6.96. The number of hydrogen-bond acceptors (Lipinski definition) is 3. The Hall–Kier alpha value is -8.92. The number of rotatable bonds is 8. The van der Waals surface area contributed by atoms with Crippen LogP contribution in [0.5, 0.6) is 0 Å². The van der Waals surface area contributed by atoms with E-state index in [0.29, 0.717) is 0 Å². The summed E-state index contributed by atoms with van der Waals surface area (Å²) in [5.41, 5.74) is 17.0. The van der Waals surface area contributed by atoms with E-state index in [0.717, 1.165) is 72.8 Å². The van der Waals surface area contributed by atoms with Crippen LogP contribution < -0.4 is 9.80 Å². The van der Waals surface area contributed by atoms with Gasteiger partial charge in [-0.3, -0.25) is 0 Å². The highest BCUT2D eigenvalue weighted by Gasteiger charge is 2.48. The van der Waals surface area contributed by atoms with Crippen LogP contribution in [-0.4, -0.2) is 0 Å². The van der Waals surface area contributed by atoms with Gasteiger partial charge in [0.15, 0.2) is 0 Å². The molecule has 0 unspecified atom stereocenters. The summed E-state index contributed by atoms with van der Waals surface area (Å²) in [5.74, 6) is 0. The Kier molecular flexibility index (Phi) is 9.40. The van der Waals surface area contributed by atoms with E-state index in [2.05, 4.69) is 277 Å². The average molecular weight is 869 g/mol. The van der Waals surface area contributed by atoms with Crippen molar-refractivity contribution in [3.63, 3.8) is 0 Å². The van der Waals surface area contributed by atoms with Crippen molar-refractivity contribution in [1.29, 1.82) is 0 Å². The molecule has 1 aliphatic rings. The second-order valence-electron chi connectivity index (χ2n) is 17.6. The van der Waals surface area contributed by atoms with Gasteiger partial charge in [0.2, 0.25) is 0 Å². The lowest BCUT2D eigenvalue weighted by atomic mass is 9.62. The van der Waals surface area contributed by atoms with Gasteiger partial charge < -0.3 is 14.2 Å². The van der Waals surface area contributed by atoms with Crippen molar-refractivity contribution in [1.82, 2.24) is 0 Å². The number of nitrogens with zero attached hydrogens (tertiary/aromatic N) is 2. The van der Waals surface area contributed by atoms with Crippen molar-refractivity contribution in [3.05, 3.63) is 289 Å². The number of anilines is 6. The van der Waals surface area contributed by atoms with Crippen LogP contribution in [0.2, 0.25) is 0 Å². The van der Waals surface area contributed by atoms with Gasteiger partial charge in [0.1, 0.15) is 11.2 Å². The molecule has 0 N–H and O–H groups in total. The largest absolute Gasteiger partial charge is 0.456 e. The first-order valence-corrected chi connectivity index (χ1v) is 23.3. The normalized spacial score (nSPS) is 12.8. The Bertz CT molecular complexity index is 3750. The van der Waals surface area contributed by atoms with E-state index in [-0.39, 0.29) is 0 Å². The zero-order chi connectivity index (χ0) is 45.0. The van der Waals surface area contributed by atoms with E-state index in [1.807, 2.05) is 0 Å². The van der Waals surface area contributed by atoms with Gasteiger partial charge in [0.25, 0.3) is 0 Å². The second-order valence-corrected chi connectivity index (χ2v) is 17.6. The third-order valence-corrected chi connectivity index (χ3v) is 13.9. The van der Waals surface area contributed by atoms with E-state index in [4.69, 9.17) is 4.42 Å². The number of para-hydroxylation sites is 5. The van der Waals surface area contributed by atoms with Gasteiger partial charge in [0, 0.05) is 38.8 Å². The minimum atomic E-state index is -0.747. The van der Waals surface area contributed by atoms with Gasteiger partial charge in [-0.05, 0) is 111 Å². The predicted molar refractivity (Wildman–Crippen MR) is 283 cm³/mol. The highest BCUT2D eigenvalue weighted by molar-refractivity contribution is 6.07. The standard InChI is InChI=1S/C65H44N2O/c1-3-18-45(19-4-1)49-22-15-23-50(44-49)65(59-31-17-28-56-55-27-9-14-35-63(55)68-64(56)59)57-29-10-12-32-61(57)67(62-33-13-11-30-58(62)65)53-42-38-47(39-43-53)46-36-40-52(41-37-46)66(51-24-5-2-6-25-51)60-34-16-21-48-20-7-8-26-54(48)60/h1-44H. The number of hydrogen-bond donors (Lipinski definition) is 0. The Balaban J connectivity index is 0.944. The van der Waals surface area contributed by atoms with Crippen LogP contribution in [0.1, 0.15) is 22.3 Å². The van der Waals surface area contributed by atoms with Crippen LogP contribution >= 0.6 is 0 Å². The molecule has 13 rings (SSSR count). The maximum absolute atomic E-state index is 6.96. The molecule has 0 atom stereocenters. The van der Waals surface area contributed by atoms with E-state index in [1.165, 1.54) is 38.6 Å². The van der Waals surface area contributed by atoms with Gasteiger partial charge >= 0.3 is 0 Å². The Morgan fingerprint density at radius 2 is 0.868 bits per heavy atom. The van der Waals surface area contributed by atoms with E-state index in [1.54, 1.807) is 0 Å². The fourth-order valence-electron chi connectivity index (χ4n) is 10.9. The first kappa shape index (κ1) is 39.4. The van der Waals surface area contributed by atoms with Crippen LogP contribution in [0.4, 0.5) is 34.1 Å². The Morgan fingerprint density at radius 3 is 1.62 bits per heavy atom. The monoisotopic (exact) mass is 868 g/mol. The third-order valence-electron chi connectivity index (χ3n) is 13.9. The Labute approximate surface area is 396 Å². The lowest BCUT2D eigenvalue weighted by Gasteiger charge is -2.46. The van der Waals surface area contributed by atoms with Crippen LogP contribution in [0.3, 0.4) is 0 Å². The number of benzene rings is 11. The SMILES string of the molecule is c1ccc(-c2cccc(C3(c4cccc5c4oc4ccccc45)c4ccccc4N(c4ccc(-c5ccc(N(c6ccccc6)c6cccc7ccccc67)cc5)cc4)c4ccccc43)c2)cc1. The molecule has 3 heteroatoms. The van der Waals surface area contributed by atoms with Gasteiger partial charge in [-0.1, -0.05) is 200 Å². The van der Waals surface area contributed by atoms with Crippen molar-refractivity contribution in [2.75, 3.05) is 9.80 Å². The maximum atomic E-state index is 6.96. The van der Waals surface area contributed by atoms with Crippen molar-refractivity contribution in [2.45, 2.75) is 5.41 Å². The molecular weight excluding hydrogens is 825 g/mol. The van der Waals surface area contributed by atoms with Crippen LogP contribution in [0.15, 0.2) is 271 Å². The molecule has 0 spiro atoms. The van der Waals surface area contributed by atoms with E-state index in [9.17, 15) is 0 Å². The molecule has 3 nitrogen and oxygen atoms in total. The molecule has 0 amide bonds. The molecule has 0 saturated heterocycles. The molecule has 2 heterocycles. The summed E-state index contributed by atoms with van der Waals surface area (Å²) in [5, 5.41) is 4.65. The fraction of sp³-hybridized carbons (Fsp3) is 0.0154. The van der Waals surface area contributed by atoms with Crippen LogP contribution in [-0.2, 0) is 5.41 Å². The van der Waals surface area contributed by atoms with Crippen LogP contribution in [0, 0.1) is 0 Å². The highest BCUT2D eigenvalue weighted by atomic mass is 16.3. The summed E-state index contributed by atoms with van der Waals surface area (Å²) in [4.78, 5) is 4.80. The quantitative estimate of drug-likeness (QED) is 0.152. The summed E-state index contributed by atoms with van der Waals surface area (Å²) in [7, 11) is 0. The van der Waals surface area contributed by atoms with Gasteiger partial charge in [-0.15, -0.1) is 0 Å². The molecule has 0 radical (unpaired) electrons. The summed E-state index contributed by atoms with van der Waals surface area (Å²) in [6.45, 7) is 0. The molecule has 1 aliphatic heterocycles. The lowest BCUT2D eigenvalue weighted by molar-refractivity contribution is 0.643. The van der Waals surface area contributed by atoms with Crippen molar-refractivity contribution >= 4 is 66.8 Å². The fourth-order valence-corrected chi connectivity index (χ4v) is 10.9. The van der Waals surface area contributed by atoms with Crippen LogP contribution in [0.25, 0.3) is 55.0 Å². The van der Waals surface area contributed by atoms with Crippen molar-refractivity contribution in [2.24, 2.45) is 0 Å². The minimum absolute atomic E-state index is 0.747. The molecule has 12 aromatic rings. The number of furan rings is 1. The molecule has 0 bridgehead atoms. The predicted octanol–water partition coefficient (Wildman–Crippen LogP) is 17.7. The molecule has 0 saturated carbocycles. The van der Waals surface area contributed by atoms with Crippen molar-refractivity contribution in [3.8, 4) is 22.3 Å². The topological polar surface area (TPSA) is 19.6 Å². The summed E-state index contributed by atoms with van der Waals surface area (Å²) >= 11 is 0. The maximum Gasteiger partial charge on any atom is 0.140 e. The van der Waals surface area contributed by atoms with Gasteiger partial charge in [-0.2, -0.15) is 0 Å². The molecular formula is C65H44N2O. The molecule has 0 aliphatic carbocycles. The average Bonchev–Trinajstić information content (AvgIpc) is 3.81. The smallest absolute Gasteiger partial charge is 0.140 e. The Morgan fingerprint density at radius 1 is 0.353 bits per heavy atom. The van der Waals surface area contributed by atoms with Gasteiger partial charge in [-0.25, -0.2) is 0 Å². The molecule has 68 heavy (non-hydrogen) atoms. The van der Waals surface area contributed by atoms with Gasteiger partial charge in [0.05, 0.1) is 22.5 Å². The minimum Gasteiger partial charge on any atom is -0.456 e. The number of fused-ring (bicyclic) bond motifs is 6. The third kappa shape index (κ3) is 6.28.